The molecule has 0 bridgehead atoms. The van der Waals surface area contributed by atoms with E-state index in [4.69, 9.17) is 5.73 Å². The van der Waals surface area contributed by atoms with Gasteiger partial charge in [0.05, 0.1) is 0 Å². The lowest BCUT2D eigenvalue weighted by molar-refractivity contribution is 0.701. The molecule has 11 heavy (non-hydrogen) atoms. The highest BCUT2D eigenvalue weighted by molar-refractivity contribution is 7.66. The van der Waals surface area contributed by atoms with Crippen LogP contribution in [-0.2, 0) is 11.3 Å². The summed E-state index contributed by atoms with van der Waals surface area (Å²) in [5.41, 5.74) is 7.35. The summed E-state index contributed by atoms with van der Waals surface area (Å²) in [5.74, 6) is 0. The Hall–Kier alpha value is -0.930. The summed E-state index contributed by atoms with van der Waals surface area (Å²) in [6, 6.07) is 7.56. The van der Waals surface area contributed by atoms with Crippen molar-refractivity contribution in [3.63, 3.8) is 0 Å². The predicted molar refractivity (Wildman–Crippen MR) is 47.6 cm³/mol. The van der Waals surface area contributed by atoms with E-state index < -0.39 is 0 Å². The van der Waals surface area contributed by atoms with E-state index in [2.05, 4.69) is 0 Å². The van der Waals surface area contributed by atoms with Crippen molar-refractivity contribution < 1.29 is 4.21 Å². The van der Waals surface area contributed by atoms with Crippen LogP contribution in [0.3, 0.4) is 0 Å². The van der Waals surface area contributed by atoms with Gasteiger partial charge in [-0.15, -0.1) is 0 Å². The largest absolute Gasteiger partial charge is 0.291 e. The first kappa shape index (κ1) is 8.17. The van der Waals surface area contributed by atoms with E-state index in [0.29, 0.717) is 16.2 Å². The Balaban J connectivity index is 3.15. The van der Waals surface area contributed by atoms with Crippen molar-refractivity contribution in [2.75, 3.05) is 0 Å². The van der Waals surface area contributed by atoms with Gasteiger partial charge in [-0.25, -0.2) is 4.21 Å². The first-order valence-corrected chi connectivity index (χ1v) is 3.97. The Bertz CT molecular complexity index is 316. The van der Waals surface area contributed by atoms with Crippen molar-refractivity contribution in [3.8, 4) is 0 Å². The summed E-state index contributed by atoms with van der Waals surface area (Å²) in [4.78, 5) is 0.328. The van der Waals surface area contributed by atoms with Gasteiger partial charge in [0, 0.05) is 5.56 Å². The molecule has 2 nitrogen and oxygen atoms in total. The average Bonchev–Trinajstić information content (AvgIpc) is 2.03. The number of hydrogen-bond acceptors (Lipinski definition) is 1. The maximum Gasteiger partial charge on any atom is 0.114 e. The summed E-state index contributed by atoms with van der Waals surface area (Å²) in [5, 5.41) is 0. The highest BCUT2D eigenvalue weighted by Crippen LogP contribution is 2.01. The van der Waals surface area contributed by atoms with Crippen LogP contribution in [0.4, 0.5) is 0 Å². The van der Waals surface area contributed by atoms with E-state index in [1.807, 2.05) is 31.2 Å². The highest BCUT2D eigenvalue weighted by Gasteiger charge is 1.95. The van der Waals surface area contributed by atoms with Gasteiger partial charge < -0.3 is 0 Å². The minimum absolute atomic E-state index is 0.328. The average molecular weight is 167 g/mol. The zero-order chi connectivity index (χ0) is 8.27. The second-order valence-corrected chi connectivity index (χ2v) is 2.92. The van der Waals surface area contributed by atoms with Crippen LogP contribution < -0.4 is 5.73 Å². The molecule has 1 aromatic rings. The van der Waals surface area contributed by atoms with Crippen molar-refractivity contribution in [2.45, 2.75) is 6.92 Å². The van der Waals surface area contributed by atoms with Crippen LogP contribution in [0.15, 0.2) is 24.3 Å². The maximum absolute atomic E-state index is 10.3. The van der Waals surface area contributed by atoms with E-state index in [9.17, 15) is 4.21 Å². The Morgan fingerprint density at radius 1 is 1.55 bits per heavy atom. The summed E-state index contributed by atoms with van der Waals surface area (Å²) in [6.45, 7) is 1.96. The fraction of sp³-hybridized carbons (Fsp3) is 0.125. The topological polar surface area (TPSA) is 43.1 Å². The van der Waals surface area contributed by atoms with Gasteiger partial charge in [0.15, 0.2) is 0 Å². The zero-order valence-electron chi connectivity index (χ0n) is 6.20. The molecule has 0 saturated carbocycles. The van der Waals surface area contributed by atoms with Crippen LogP contribution in [0, 0.1) is 6.92 Å². The van der Waals surface area contributed by atoms with Gasteiger partial charge >= 0.3 is 0 Å². The molecule has 0 radical (unpaired) electrons. The second kappa shape index (κ2) is 3.46. The minimum atomic E-state index is 0.328. The zero-order valence-corrected chi connectivity index (χ0v) is 7.02. The maximum atomic E-state index is 10.3. The van der Waals surface area contributed by atoms with Crippen molar-refractivity contribution in [2.24, 2.45) is 5.73 Å². The molecule has 0 saturated heterocycles. The van der Waals surface area contributed by atoms with Gasteiger partial charge in [0.2, 0.25) is 0 Å². The van der Waals surface area contributed by atoms with E-state index in [1.54, 1.807) is 0 Å². The van der Waals surface area contributed by atoms with Gasteiger partial charge in [-0.05, 0) is 13.0 Å². The predicted octanol–water partition coefficient (Wildman–Crippen LogP) is 0.645. The number of aryl methyl sites for hydroxylation is 1. The molecule has 0 unspecified atom stereocenters. The first-order valence-electron chi connectivity index (χ1n) is 3.23. The Morgan fingerprint density at radius 3 is 2.82 bits per heavy atom. The summed E-state index contributed by atoms with van der Waals surface area (Å²) in [6.07, 6.45) is 0. The molecule has 0 amide bonds. The van der Waals surface area contributed by atoms with Crippen LogP contribution in [-0.4, -0.2) is 9.20 Å². The minimum Gasteiger partial charge on any atom is -0.291 e. The third kappa shape index (κ3) is 2.00. The van der Waals surface area contributed by atoms with Gasteiger partial charge in [0.25, 0.3) is 0 Å². The molecule has 0 aliphatic heterocycles. The molecule has 1 rings (SSSR count). The van der Waals surface area contributed by atoms with Crippen LogP contribution in [0.5, 0.6) is 0 Å². The molecule has 0 fully saturated rings. The SMILES string of the molecule is Cc1cccc(C(N)=S=O)c1. The lowest BCUT2D eigenvalue weighted by atomic mass is 10.1. The molecular formula is C8H9NOS. The van der Waals surface area contributed by atoms with Gasteiger partial charge in [0.1, 0.15) is 16.2 Å². The van der Waals surface area contributed by atoms with Gasteiger partial charge in [-0.3, -0.25) is 5.73 Å². The van der Waals surface area contributed by atoms with Gasteiger partial charge in [-0.1, -0.05) is 23.8 Å². The Kier molecular flexibility index (Phi) is 2.57. The first-order chi connectivity index (χ1) is 5.24. The number of benzene rings is 1. The van der Waals surface area contributed by atoms with Crippen molar-refractivity contribution in [1.82, 2.24) is 0 Å². The summed E-state index contributed by atoms with van der Waals surface area (Å²) >= 11 is 0.331. The number of rotatable bonds is 1. The van der Waals surface area contributed by atoms with Crippen molar-refractivity contribution >= 4 is 16.2 Å². The van der Waals surface area contributed by atoms with Crippen LogP contribution >= 0.6 is 0 Å². The molecular weight excluding hydrogens is 158 g/mol. The molecule has 0 atom stereocenters. The standard InChI is InChI=1S/C8H9NOS/c1-6-3-2-4-7(5-6)8(9)11-10/h2-5H,9H2,1H3. The number of hydrogen-bond donors (Lipinski definition) is 1. The van der Waals surface area contributed by atoms with Gasteiger partial charge in [-0.2, -0.15) is 0 Å². The van der Waals surface area contributed by atoms with Crippen LogP contribution in [0.1, 0.15) is 11.1 Å². The molecule has 0 spiro atoms. The molecule has 58 valence electrons. The normalized spacial score (nSPS) is 9.27. The highest BCUT2D eigenvalue weighted by atomic mass is 32.1. The van der Waals surface area contributed by atoms with Crippen LogP contribution in [0.2, 0.25) is 0 Å². The third-order valence-electron chi connectivity index (χ3n) is 1.39. The number of nitrogens with two attached hydrogens (primary N) is 1. The summed E-state index contributed by atoms with van der Waals surface area (Å²) < 4.78 is 10.3. The van der Waals surface area contributed by atoms with Crippen molar-refractivity contribution in [3.05, 3.63) is 35.4 Å². The van der Waals surface area contributed by atoms with E-state index >= 15 is 0 Å². The molecule has 2 N–H and O–H groups in total. The molecule has 0 aliphatic carbocycles. The third-order valence-corrected chi connectivity index (χ3v) is 1.81. The molecule has 0 heterocycles. The van der Waals surface area contributed by atoms with E-state index in [1.165, 1.54) is 0 Å². The van der Waals surface area contributed by atoms with Crippen LogP contribution in [0.25, 0.3) is 0 Å². The molecule has 0 aliphatic rings. The van der Waals surface area contributed by atoms with E-state index in [0.717, 1.165) is 11.1 Å². The fourth-order valence-corrected chi connectivity index (χ4v) is 1.07. The quantitative estimate of drug-likeness (QED) is 0.624. The monoisotopic (exact) mass is 167 g/mol. The molecule has 3 heteroatoms. The second-order valence-electron chi connectivity index (χ2n) is 2.32. The lowest BCUT2D eigenvalue weighted by Crippen LogP contribution is -2.12. The Morgan fingerprint density at radius 2 is 2.27 bits per heavy atom. The molecule has 0 aromatic heterocycles. The van der Waals surface area contributed by atoms with Crippen molar-refractivity contribution in [1.29, 1.82) is 0 Å². The molecule has 1 aromatic carbocycles. The summed E-state index contributed by atoms with van der Waals surface area (Å²) in [7, 11) is 0. The lowest BCUT2D eigenvalue weighted by Gasteiger charge is -1.96. The Labute approximate surface area is 69.1 Å². The smallest absolute Gasteiger partial charge is 0.114 e. The fourth-order valence-electron chi connectivity index (χ4n) is 0.846. The van der Waals surface area contributed by atoms with E-state index in [-0.39, 0.29) is 0 Å².